The summed E-state index contributed by atoms with van der Waals surface area (Å²) in [5.74, 6) is 3.80. The van der Waals surface area contributed by atoms with Gasteiger partial charge in [0.15, 0.2) is 0 Å². The van der Waals surface area contributed by atoms with Crippen molar-refractivity contribution in [1.29, 1.82) is 0 Å². The zero-order chi connectivity index (χ0) is 14.7. The summed E-state index contributed by atoms with van der Waals surface area (Å²) in [6, 6.07) is 10.2. The first kappa shape index (κ1) is 14.9. The first-order valence-corrected chi connectivity index (χ1v) is 8.55. The zero-order valence-electron chi connectivity index (χ0n) is 13.5. The molecule has 2 aliphatic carbocycles. The summed E-state index contributed by atoms with van der Waals surface area (Å²) in [5, 5.41) is 3.70. The van der Waals surface area contributed by atoms with E-state index >= 15 is 0 Å². The maximum Gasteiger partial charge on any atom is 0.119 e. The van der Waals surface area contributed by atoms with Gasteiger partial charge in [-0.2, -0.15) is 0 Å². The molecule has 0 heterocycles. The van der Waals surface area contributed by atoms with Crippen LogP contribution in [0.25, 0.3) is 0 Å². The molecule has 0 amide bonds. The van der Waals surface area contributed by atoms with E-state index in [-0.39, 0.29) is 0 Å². The third-order valence-corrected chi connectivity index (χ3v) is 5.16. The van der Waals surface area contributed by atoms with Gasteiger partial charge in [0.05, 0.1) is 6.61 Å². The molecule has 1 N–H and O–H groups in total. The first-order chi connectivity index (χ1) is 10.2. The van der Waals surface area contributed by atoms with Crippen LogP contribution in [0.4, 0.5) is 0 Å². The minimum Gasteiger partial charge on any atom is -0.494 e. The van der Waals surface area contributed by atoms with Gasteiger partial charge in [0.25, 0.3) is 0 Å². The van der Waals surface area contributed by atoms with E-state index in [1.54, 1.807) is 0 Å². The Kier molecular flexibility index (Phi) is 4.54. The molecule has 3 rings (SSSR count). The highest BCUT2D eigenvalue weighted by atomic mass is 16.5. The Morgan fingerprint density at radius 1 is 1.19 bits per heavy atom. The van der Waals surface area contributed by atoms with E-state index in [4.69, 9.17) is 4.74 Å². The maximum atomic E-state index is 5.94. The van der Waals surface area contributed by atoms with Crippen molar-refractivity contribution in [1.82, 2.24) is 5.32 Å². The van der Waals surface area contributed by atoms with Crippen LogP contribution in [0.3, 0.4) is 0 Å². The van der Waals surface area contributed by atoms with E-state index in [0.29, 0.717) is 5.41 Å². The molecule has 2 aliphatic rings. The van der Waals surface area contributed by atoms with Gasteiger partial charge in [-0.3, -0.25) is 0 Å². The Hall–Kier alpha value is -1.02. The fourth-order valence-electron chi connectivity index (χ4n) is 3.97. The SMILES string of the molecule is CC(C)CNCC1(CCOc2ccccc2)CC2CC2C1. The molecule has 0 aliphatic heterocycles. The molecule has 2 nitrogen and oxygen atoms in total. The van der Waals surface area contributed by atoms with Gasteiger partial charge >= 0.3 is 0 Å². The van der Waals surface area contributed by atoms with E-state index in [1.165, 1.54) is 32.2 Å². The molecule has 2 saturated carbocycles. The third kappa shape index (κ3) is 4.00. The fourth-order valence-corrected chi connectivity index (χ4v) is 3.97. The summed E-state index contributed by atoms with van der Waals surface area (Å²) >= 11 is 0. The Morgan fingerprint density at radius 3 is 2.57 bits per heavy atom. The number of benzene rings is 1. The van der Waals surface area contributed by atoms with Crippen molar-refractivity contribution in [2.24, 2.45) is 23.2 Å². The van der Waals surface area contributed by atoms with Crippen molar-refractivity contribution >= 4 is 0 Å². The lowest BCUT2D eigenvalue weighted by molar-refractivity contribution is 0.175. The monoisotopic (exact) mass is 287 g/mol. The summed E-state index contributed by atoms with van der Waals surface area (Å²) in [6.45, 7) is 7.73. The second-order valence-electron chi connectivity index (χ2n) is 7.60. The molecule has 0 saturated heterocycles. The summed E-state index contributed by atoms with van der Waals surface area (Å²) in [5.41, 5.74) is 0.497. The van der Waals surface area contributed by atoms with Crippen molar-refractivity contribution in [2.75, 3.05) is 19.7 Å². The second kappa shape index (κ2) is 6.39. The van der Waals surface area contributed by atoms with Crippen LogP contribution in [0.15, 0.2) is 30.3 Å². The average Bonchev–Trinajstić information content (AvgIpc) is 3.07. The Balaban J connectivity index is 1.48. The standard InChI is InChI=1S/C19H29NO/c1-15(2)13-20-14-19(11-16-10-17(16)12-19)8-9-21-18-6-4-3-5-7-18/h3-7,15-17,20H,8-14H2,1-2H3. The van der Waals surface area contributed by atoms with Crippen molar-refractivity contribution in [3.8, 4) is 5.75 Å². The predicted octanol–water partition coefficient (Wildman–Crippen LogP) is 4.12. The van der Waals surface area contributed by atoms with E-state index in [2.05, 4.69) is 31.3 Å². The molecule has 0 bridgehead atoms. The number of hydrogen-bond acceptors (Lipinski definition) is 2. The minimum atomic E-state index is 0.497. The molecule has 21 heavy (non-hydrogen) atoms. The number of fused-ring (bicyclic) bond motifs is 1. The van der Waals surface area contributed by atoms with Crippen molar-refractivity contribution in [3.05, 3.63) is 30.3 Å². The summed E-state index contributed by atoms with van der Waals surface area (Å²) < 4.78 is 5.94. The second-order valence-corrected chi connectivity index (χ2v) is 7.60. The van der Waals surface area contributed by atoms with Gasteiger partial charge in [-0.05, 0) is 67.5 Å². The molecule has 116 valence electrons. The van der Waals surface area contributed by atoms with Gasteiger partial charge in [0.2, 0.25) is 0 Å². The van der Waals surface area contributed by atoms with Crippen LogP contribution >= 0.6 is 0 Å². The lowest BCUT2D eigenvalue weighted by atomic mass is 9.80. The molecular weight excluding hydrogens is 258 g/mol. The molecular formula is C19H29NO. The van der Waals surface area contributed by atoms with Crippen molar-refractivity contribution < 1.29 is 4.74 Å². The largest absolute Gasteiger partial charge is 0.494 e. The van der Waals surface area contributed by atoms with E-state index in [9.17, 15) is 0 Å². The van der Waals surface area contributed by atoms with Crippen LogP contribution in [0.5, 0.6) is 5.75 Å². The third-order valence-electron chi connectivity index (χ3n) is 5.16. The van der Waals surface area contributed by atoms with Crippen molar-refractivity contribution in [2.45, 2.75) is 39.5 Å². The van der Waals surface area contributed by atoms with Crippen LogP contribution in [0, 0.1) is 23.2 Å². The molecule has 2 fully saturated rings. The smallest absolute Gasteiger partial charge is 0.119 e. The number of ether oxygens (including phenoxy) is 1. The van der Waals surface area contributed by atoms with Gasteiger partial charge in [0.1, 0.15) is 5.75 Å². The van der Waals surface area contributed by atoms with Gasteiger partial charge < -0.3 is 10.1 Å². The lowest BCUT2D eigenvalue weighted by Gasteiger charge is -2.31. The molecule has 0 spiro atoms. The zero-order valence-corrected chi connectivity index (χ0v) is 13.5. The number of para-hydroxylation sites is 1. The summed E-state index contributed by atoms with van der Waals surface area (Å²) in [7, 11) is 0. The quantitative estimate of drug-likeness (QED) is 0.776. The van der Waals surface area contributed by atoms with E-state index < -0.39 is 0 Å². The molecule has 0 aromatic heterocycles. The fraction of sp³-hybridized carbons (Fsp3) is 0.684. The lowest BCUT2D eigenvalue weighted by Crippen LogP contribution is -2.36. The first-order valence-electron chi connectivity index (χ1n) is 8.55. The Labute approximate surface area is 129 Å². The molecule has 2 atom stereocenters. The van der Waals surface area contributed by atoms with Crippen LogP contribution in [0.2, 0.25) is 0 Å². The van der Waals surface area contributed by atoms with E-state index in [1.807, 2.05) is 18.2 Å². The van der Waals surface area contributed by atoms with Gasteiger partial charge in [-0.1, -0.05) is 32.0 Å². The summed E-state index contributed by atoms with van der Waals surface area (Å²) in [4.78, 5) is 0. The summed E-state index contributed by atoms with van der Waals surface area (Å²) in [6.07, 6.45) is 5.52. The van der Waals surface area contributed by atoms with Crippen LogP contribution in [0.1, 0.15) is 39.5 Å². The highest BCUT2D eigenvalue weighted by Gasteiger charge is 2.53. The predicted molar refractivity (Wildman–Crippen MR) is 87.5 cm³/mol. The average molecular weight is 287 g/mol. The van der Waals surface area contributed by atoms with Crippen LogP contribution in [-0.2, 0) is 0 Å². The highest BCUT2D eigenvalue weighted by Crippen LogP contribution is 2.60. The van der Waals surface area contributed by atoms with E-state index in [0.717, 1.165) is 36.7 Å². The molecule has 1 aromatic carbocycles. The maximum absolute atomic E-state index is 5.94. The Bertz CT molecular complexity index is 432. The topological polar surface area (TPSA) is 21.3 Å². The number of nitrogens with one attached hydrogen (secondary N) is 1. The Morgan fingerprint density at radius 2 is 1.90 bits per heavy atom. The van der Waals surface area contributed by atoms with Crippen molar-refractivity contribution in [3.63, 3.8) is 0 Å². The number of hydrogen-bond donors (Lipinski definition) is 1. The van der Waals surface area contributed by atoms with Crippen LogP contribution in [-0.4, -0.2) is 19.7 Å². The highest BCUT2D eigenvalue weighted by molar-refractivity contribution is 5.20. The minimum absolute atomic E-state index is 0.497. The molecule has 1 aromatic rings. The molecule has 0 radical (unpaired) electrons. The van der Waals surface area contributed by atoms with Gasteiger partial charge in [0, 0.05) is 6.54 Å². The van der Waals surface area contributed by atoms with Gasteiger partial charge in [-0.25, -0.2) is 0 Å². The number of rotatable bonds is 8. The van der Waals surface area contributed by atoms with Crippen LogP contribution < -0.4 is 10.1 Å². The van der Waals surface area contributed by atoms with Gasteiger partial charge in [-0.15, -0.1) is 0 Å². The molecule has 2 unspecified atom stereocenters. The molecule has 2 heteroatoms. The normalized spacial score (nSPS) is 30.4.